The first-order valence-electron chi connectivity index (χ1n) is 6.34. The Morgan fingerprint density at radius 3 is 2.65 bits per heavy atom. The maximum absolute atomic E-state index is 11.0. The van der Waals surface area contributed by atoms with Gasteiger partial charge in [0.05, 0.1) is 0 Å². The Kier molecular flexibility index (Phi) is 5.09. The Balaban J connectivity index is 1.84. The molecule has 0 saturated heterocycles. The van der Waals surface area contributed by atoms with Crippen LogP contribution in [0, 0.1) is 0 Å². The molecular weight excluding hydrogens is 274 g/mol. The van der Waals surface area contributed by atoms with E-state index in [0.29, 0.717) is 17.1 Å². The molecule has 5 heteroatoms. The van der Waals surface area contributed by atoms with Gasteiger partial charge in [-0.2, -0.15) is 0 Å². The first kappa shape index (κ1) is 14.5. The number of primary amides is 1. The summed E-state index contributed by atoms with van der Waals surface area (Å²) in [7, 11) is 0. The minimum absolute atomic E-state index is 0.426. The molecule has 1 heterocycles. The van der Waals surface area contributed by atoms with Gasteiger partial charge in [-0.15, -0.1) is 0 Å². The summed E-state index contributed by atoms with van der Waals surface area (Å²) in [6.45, 7) is 1.50. The van der Waals surface area contributed by atoms with Crippen molar-refractivity contribution in [3.8, 4) is 0 Å². The molecule has 3 N–H and O–H groups in total. The molecule has 4 nitrogen and oxygen atoms in total. The molecule has 0 aliphatic heterocycles. The summed E-state index contributed by atoms with van der Waals surface area (Å²) >= 11 is 6.11. The van der Waals surface area contributed by atoms with Crippen LogP contribution in [0.1, 0.15) is 21.5 Å². The molecule has 2 rings (SSSR count). The lowest BCUT2D eigenvalue weighted by Crippen LogP contribution is -2.17. The average molecular weight is 290 g/mol. The van der Waals surface area contributed by atoms with Crippen molar-refractivity contribution in [2.24, 2.45) is 5.73 Å². The SMILES string of the molecule is NC(=O)c1ccc(CNCCc2ccncc2)c(Cl)c1. The number of carbonyl (C=O) groups is 1. The minimum atomic E-state index is -0.468. The van der Waals surface area contributed by atoms with E-state index in [1.165, 1.54) is 5.56 Å². The summed E-state index contributed by atoms with van der Waals surface area (Å²) in [6, 6.07) is 9.10. The fourth-order valence-electron chi connectivity index (χ4n) is 1.85. The second-order valence-corrected chi connectivity index (χ2v) is 4.86. The van der Waals surface area contributed by atoms with Crippen molar-refractivity contribution in [1.82, 2.24) is 10.3 Å². The number of nitrogens with zero attached hydrogens (tertiary/aromatic N) is 1. The van der Waals surface area contributed by atoms with Crippen LogP contribution in [0.15, 0.2) is 42.7 Å². The third kappa shape index (κ3) is 4.05. The van der Waals surface area contributed by atoms with E-state index in [-0.39, 0.29) is 0 Å². The Labute approximate surface area is 123 Å². The zero-order chi connectivity index (χ0) is 14.4. The normalized spacial score (nSPS) is 10.4. The van der Waals surface area contributed by atoms with Crippen molar-refractivity contribution in [2.45, 2.75) is 13.0 Å². The fraction of sp³-hybridized carbons (Fsp3) is 0.200. The molecule has 0 aliphatic rings. The molecule has 0 unspecified atom stereocenters. The first-order valence-corrected chi connectivity index (χ1v) is 6.72. The van der Waals surface area contributed by atoms with Gasteiger partial charge in [0.1, 0.15) is 0 Å². The minimum Gasteiger partial charge on any atom is -0.366 e. The van der Waals surface area contributed by atoms with Gasteiger partial charge in [-0.3, -0.25) is 9.78 Å². The molecule has 0 saturated carbocycles. The number of nitrogens with one attached hydrogen (secondary N) is 1. The smallest absolute Gasteiger partial charge is 0.248 e. The van der Waals surface area contributed by atoms with E-state index < -0.39 is 5.91 Å². The second kappa shape index (κ2) is 7.03. The average Bonchev–Trinajstić information content (AvgIpc) is 2.46. The van der Waals surface area contributed by atoms with Crippen LogP contribution in [0.5, 0.6) is 0 Å². The van der Waals surface area contributed by atoms with E-state index in [1.807, 2.05) is 18.2 Å². The summed E-state index contributed by atoms with van der Waals surface area (Å²) in [4.78, 5) is 15.0. The van der Waals surface area contributed by atoms with Gasteiger partial charge in [-0.05, 0) is 48.4 Å². The van der Waals surface area contributed by atoms with E-state index in [2.05, 4.69) is 10.3 Å². The van der Waals surface area contributed by atoms with Gasteiger partial charge in [0, 0.05) is 29.5 Å². The molecule has 0 fully saturated rings. The molecule has 104 valence electrons. The molecule has 1 aromatic carbocycles. The van der Waals surface area contributed by atoms with E-state index in [4.69, 9.17) is 17.3 Å². The molecule has 1 aromatic heterocycles. The number of hydrogen-bond donors (Lipinski definition) is 2. The van der Waals surface area contributed by atoms with Crippen LogP contribution in [-0.2, 0) is 13.0 Å². The van der Waals surface area contributed by atoms with Crippen LogP contribution < -0.4 is 11.1 Å². The molecule has 2 aromatic rings. The second-order valence-electron chi connectivity index (χ2n) is 4.45. The van der Waals surface area contributed by atoms with Gasteiger partial charge in [0.15, 0.2) is 0 Å². The lowest BCUT2D eigenvalue weighted by atomic mass is 10.1. The Hall–Kier alpha value is -1.91. The number of amides is 1. The highest BCUT2D eigenvalue weighted by atomic mass is 35.5. The van der Waals surface area contributed by atoms with Crippen LogP contribution in [0.4, 0.5) is 0 Å². The van der Waals surface area contributed by atoms with E-state index in [1.54, 1.807) is 24.5 Å². The van der Waals surface area contributed by atoms with Crippen molar-refractivity contribution in [3.63, 3.8) is 0 Å². The number of benzene rings is 1. The van der Waals surface area contributed by atoms with Crippen molar-refractivity contribution in [2.75, 3.05) is 6.54 Å². The summed E-state index contributed by atoms with van der Waals surface area (Å²) in [5.41, 5.74) is 7.82. The van der Waals surface area contributed by atoms with Gasteiger partial charge in [0.2, 0.25) is 5.91 Å². The number of pyridine rings is 1. The Morgan fingerprint density at radius 1 is 1.25 bits per heavy atom. The zero-order valence-corrected chi connectivity index (χ0v) is 11.7. The van der Waals surface area contributed by atoms with E-state index >= 15 is 0 Å². The van der Waals surface area contributed by atoms with Gasteiger partial charge < -0.3 is 11.1 Å². The topological polar surface area (TPSA) is 68.0 Å². The third-order valence-corrected chi connectivity index (χ3v) is 3.34. The first-order chi connectivity index (χ1) is 9.66. The molecule has 0 aliphatic carbocycles. The van der Waals surface area contributed by atoms with Crippen LogP contribution in [0.3, 0.4) is 0 Å². The Morgan fingerprint density at radius 2 is 2.00 bits per heavy atom. The Bertz CT molecular complexity index is 587. The van der Waals surface area contributed by atoms with Gasteiger partial charge in [-0.1, -0.05) is 17.7 Å². The van der Waals surface area contributed by atoms with Gasteiger partial charge in [-0.25, -0.2) is 0 Å². The van der Waals surface area contributed by atoms with Crippen molar-refractivity contribution < 1.29 is 4.79 Å². The molecular formula is C15H16ClN3O. The molecule has 1 amide bonds. The number of halogens is 1. The quantitative estimate of drug-likeness (QED) is 0.801. The third-order valence-electron chi connectivity index (χ3n) is 2.99. The predicted molar refractivity (Wildman–Crippen MR) is 79.6 cm³/mol. The van der Waals surface area contributed by atoms with Crippen molar-refractivity contribution in [3.05, 3.63) is 64.4 Å². The van der Waals surface area contributed by atoms with E-state index in [0.717, 1.165) is 18.5 Å². The van der Waals surface area contributed by atoms with Crippen LogP contribution in [0.25, 0.3) is 0 Å². The summed E-state index contributed by atoms with van der Waals surface area (Å²) in [5, 5.41) is 3.87. The zero-order valence-electron chi connectivity index (χ0n) is 11.0. The largest absolute Gasteiger partial charge is 0.366 e. The highest BCUT2D eigenvalue weighted by Gasteiger charge is 2.05. The maximum atomic E-state index is 11.0. The molecule has 0 bridgehead atoms. The summed E-state index contributed by atoms with van der Waals surface area (Å²) < 4.78 is 0. The number of carbonyl (C=O) groups excluding carboxylic acids is 1. The monoisotopic (exact) mass is 289 g/mol. The summed E-state index contributed by atoms with van der Waals surface area (Å²) in [5.74, 6) is -0.468. The van der Waals surface area contributed by atoms with Crippen molar-refractivity contribution in [1.29, 1.82) is 0 Å². The molecule has 20 heavy (non-hydrogen) atoms. The standard InChI is InChI=1S/C15H16ClN3O/c16-14-9-12(15(17)20)1-2-13(14)10-19-8-5-11-3-6-18-7-4-11/h1-4,6-7,9,19H,5,8,10H2,(H2,17,20). The molecule has 0 radical (unpaired) electrons. The van der Waals surface area contributed by atoms with Gasteiger partial charge in [0.25, 0.3) is 0 Å². The number of hydrogen-bond acceptors (Lipinski definition) is 3. The summed E-state index contributed by atoms with van der Waals surface area (Å²) in [6.07, 6.45) is 4.50. The number of rotatable bonds is 6. The molecule has 0 atom stereocenters. The fourth-order valence-corrected chi connectivity index (χ4v) is 2.10. The maximum Gasteiger partial charge on any atom is 0.248 e. The van der Waals surface area contributed by atoms with Crippen LogP contribution in [0.2, 0.25) is 5.02 Å². The lowest BCUT2D eigenvalue weighted by molar-refractivity contribution is 0.100. The lowest BCUT2D eigenvalue weighted by Gasteiger charge is -2.08. The molecule has 0 spiro atoms. The van der Waals surface area contributed by atoms with Gasteiger partial charge >= 0.3 is 0 Å². The number of aromatic nitrogens is 1. The van der Waals surface area contributed by atoms with Crippen LogP contribution in [-0.4, -0.2) is 17.4 Å². The van der Waals surface area contributed by atoms with Crippen molar-refractivity contribution >= 4 is 17.5 Å². The van der Waals surface area contributed by atoms with E-state index in [9.17, 15) is 4.79 Å². The number of nitrogens with two attached hydrogens (primary N) is 1. The predicted octanol–water partition coefficient (Wildman–Crippen LogP) is 2.17. The highest BCUT2D eigenvalue weighted by Crippen LogP contribution is 2.17. The van der Waals surface area contributed by atoms with Crippen LogP contribution >= 0.6 is 11.6 Å². The highest BCUT2D eigenvalue weighted by molar-refractivity contribution is 6.31.